The van der Waals surface area contributed by atoms with Crippen molar-refractivity contribution in [1.29, 1.82) is 0 Å². The Kier molecular flexibility index (Phi) is 3.09. The number of rotatable bonds is 2. The first kappa shape index (κ1) is 11.3. The molecule has 0 amide bonds. The molecule has 1 aromatic rings. The van der Waals surface area contributed by atoms with Gasteiger partial charge in [0.25, 0.3) is 0 Å². The van der Waals surface area contributed by atoms with E-state index >= 15 is 0 Å². The molecule has 1 atom stereocenters. The van der Waals surface area contributed by atoms with Crippen LogP contribution in [0.1, 0.15) is 12.8 Å². The largest absolute Gasteiger partial charge is 0.380 e. The van der Waals surface area contributed by atoms with Crippen molar-refractivity contribution in [3.8, 4) is 0 Å². The van der Waals surface area contributed by atoms with Gasteiger partial charge in [-0.05, 0) is 25.0 Å². The van der Waals surface area contributed by atoms with Crippen molar-refractivity contribution in [2.24, 2.45) is 0 Å². The van der Waals surface area contributed by atoms with Gasteiger partial charge in [-0.3, -0.25) is 0 Å². The fraction of sp³-hybridized carbons (Fsp3) is 0.500. The molecule has 0 saturated carbocycles. The Morgan fingerprint density at radius 2 is 2.25 bits per heavy atom. The lowest BCUT2D eigenvalue weighted by Gasteiger charge is -2.23. The predicted octanol–water partition coefficient (Wildman–Crippen LogP) is 1.21. The van der Waals surface area contributed by atoms with E-state index in [1.165, 1.54) is 12.3 Å². The van der Waals surface area contributed by atoms with Gasteiger partial charge in [0.1, 0.15) is 0 Å². The first-order valence-corrected chi connectivity index (χ1v) is 6.96. The van der Waals surface area contributed by atoms with E-state index in [0.717, 1.165) is 6.42 Å². The van der Waals surface area contributed by atoms with Gasteiger partial charge in [-0.2, -0.15) is 4.39 Å². The molecule has 4 nitrogen and oxygen atoms in total. The minimum atomic E-state index is -2.92. The third-order valence-corrected chi connectivity index (χ3v) is 4.38. The van der Waals surface area contributed by atoms with Crippen LogP contribution in [0.25, 0.3) is 0 Å². The van der Waals surface area contributed by atoms with Gasteiger partial charge in [0.15, 0.2) is 9.84 Å². The average molecular weight is 244 g/mol. The Morgan fingerprint density at radius 3 is 2.88 bits per heavy atom. The summed E-state index contributed by atoms with van der Waals surface area (Å²) in [5, 5.41) is 3.06. The van der Waals surface area contributed by atoms with Gasteiger partial charge in [0.05, 0.1) is 23.4 Å². The van der Waals surface area contributed by atoms with Crippen molar-refractivity contribution in [1.82, 2.24) is 4.98 Å². The quantitative estimate of drug-likeness (QED) is 0.794. The third kappa shape index (κ3) is 2.91. The van der Waals surface area contributed by atoms with Gasteiger partial charge in [-0.25, -0.2) is 13.4 Å². The molecule has 1 aliphatic heterocycles. The maximum atomic E-state index is 12.6. The number of nitrogens with zero attached hydrogens (tertiary/aromatic N) is 1. The zero-order valence-corrected chi connectivity index (χ0v) is 9.50. The van der Waals surface area contributed by atoms with E-state index in [4.69, 9.17) is 0 Å². The van der Waals surface area contributed by atoms with E-state index in [1.807, 2.05) is 0 Å². The summed E-state index contributed by atoms with van der Waals surface area (Å²) in [5.74, 6) is -0.126. The van der Waals surface area contributed by atoms with E-state index in [9.17, 15) is 12.8 Å². The Balaban J connectivity index is 2.02. The number of anilines is 1. The highest BCUT2D eigenvalue weighted by atomic mass is 32.2. The second kappa shape index (κ2) is 4.37. The average Bonchev–Trinajstić information content (AvgIpc) is 2.20. The van der Waals surface area contributed by atoms with E-state index in [1.54, 1.807) is 6.07 Å². The number of hydrogen-bond acceptors (Lipinski definition) is 4. The second-order valence-corrected chi connectivity index (χ2v) is 6.20. The lowest BCUT2D eigenvalue weighted by atomic mass is 10.2. The zero-order chi connectivity index (χ0) is 11.6. The molecule has 0 spiro atoms. The summed E-state index contributed by atoms with van der Waals surface area (Å²) in [6.07, 6.45) is 2.86. The summed E-state index contributed by atoms with van der Waals surface area (Å²) in [6.45, 7) is 0. The molecule has 0 bridgehead atoms. The minimum absolute atomic E-state index is 0.0917. The highest BCUT2D eigenvalue weighted by Gasteiger charge is 2.24. The highest BCUT2D eigenvalue weighted by molar-refractivity contribution is 7.91. The predicted molar refractivity (Wildman–Crippen MR) is 59.5 cm³/mol. The van der Waals surface area contributed by atoms with Crippen molar-refractivity contribution in [3.05, 3.63) is 24.3 Å². The molecule has 2 heterocycles. The number of nitrogens with one attached hydrogen (secondary N) is 1. The van der Waals surface area contributed by atoms with Gasteiger partial charge in [-0.15, -0.1) is 0 Å². The van der Waals surface area contributed by atoms with Gasteiger partial charge in [0.2, 0.25) is 5.95 Å². The Hall–Kier alpha value is -1.17. The second-order valence-electron chi connectivity index (χ2n) is 3.97. The summed E-state index contributed by atoms with van der Waals surface area (Å²) < 4.78 is 35.3. The van der Waals surface area contributed by atoms with Crippen LogP contribution >= 0.6 is 0 Å². The topological polar surface area (TPSA) is 59.1 Å². The number of sulfone groups is 1. The van der Waals surface area contributed by atoms with E-state index < -0.39 is 15.8 Å². The Bertz CT molecular complexity index is 458. The SMILES string of the molecule is O=S1(=O)CCCC(Nc2ccc(F)nc2)C1. The van der Waals surface area contributed by atoms with Crippen molar-refractivity contribution >= 4 is 15.5 Å². The van der Waals surface area contributed by atoms with Crippen LogP contribution in [-0.4, -0.2) is 30.9 Å². The summed E-state index contributed by atoms with van der Waals surface area (Å²) in [5.41, 5.74) is 0.656. The maximum absolute atomic E-state index is 12.6. The minimum Gasteiger partial charge on any atom is -0.380 e. The lowest BCUT2D eigenvalue weighted by molar-refractivity contribution is 0.561. The molecule has 1 aromatic heterocycles. The van der Waals surface area contributed by atoms with Crippen LogP contribution in [0.4, 0.5) is 10.1 Å². The molecule has 1 unspecified atom stereocenters. The molecule has 1 aliphatic rings. The van der Waals surface area contributed by atoms with Crippen LogP contribution in [-0.2, 0) is 9.84 Å². The van der Waals surface area contributed by atoms with Crippen LogP contribution in [0.2, 0.25) is 0 Å². The Morgan fingerprint density at radius 1 is 1.44 bits per heavy atom. The van der Waals surface area contributed by atoms with E-state index in [0.29, 0.717) is 12.1 Å². The number of halogens is 1. The monoisotopic (exact) mass is 244 g/mol. The molecule has 16 heavy (non-hydrogen) atoms. The van der Waals surface area contributed by atoms with Crippen molar-refractivity contribution < 1.29 is 12.8 Å². The fourth-order valence-electron chi connectivity index (χ4n) is 1.83. The van der Waals surface area contributed by atoms with E-state index in [2.05, 4.69) is 10.3 Å². The summed E-state index contributed by atoms with van der Waals surface area (Å²) >= 11 is 0. The molecule has 88 valence electrons. The summed E-state index contributed by atoms with van der Waals surface area (Å²) in [4.78, 5) is 3.50. The normalized spacial score (nSPS) is 23.9. The fourth-order valence-corrected chi connectivity index (χ4v) is 3.47. The highest BCUT2D eigenvalue weighted by Crippen LogP contribution is 2.16. The van der Waals surface area contributed by atoms with Crippen LogP contribution in [0, 0.1) is 5.95 Å². The van der Waals surface area contributed by atoms with Crippen LogP contribution in [0.15, 0.2) is 18.3 Å². The standard InChI is InChI=1S/C10H13FN2O2S/c11-10-4-3-8(6-12-10)13-9-2-1-5-16(14,15)7-9/h3-4,6,9,13H,1-2,5,7H2. The molecular formula is C10H13FN2O2S. The summed E-state index contributed by atoms with van der Waals surface area (Å²) in [7, 11) is -2.92. The smallest absolute Gasteiger partial charge is 0.212 e. The van der Waals surface area contributed by atoms with Crippen LogP contribution in [0.3, 0.4) is 0 Å². The molecule has 0 radical (unpaired) electrons. The maximum Gasteiger partial charge on any atom is 0.212 e. The number of aromatic nitrogens is 1. The number of hydrogen-bond donors (Lipinski definition) is 1. The molecule has 1 fully saturated rings. The first-order valence-electron chi connectivity index (χ1n) is 5.14. The molecule has 6 heteroatoms. The number of pyridine rings is 1. The zero-order valence-electron chi connectivity index (χ0n) is 8.69. The third-order valence-electron chi connectivity index (χ3n) is 2.56. The Labute approximate surface area is 93.8 Å². The van der Waals surface area contributed by atoms with Gasteiger partial charge >= 0.3 is 0 Å². The van der Waals surface area contributed by atoms with Gasteiger partial charge < -0.3 is 5.32 Å². The molecule has 1 N–H and O–H groups in total. The first-order chi connectivity index (χ1) is 7.55. The molecule has 1 saturated heterocycles. The lowest BCUT2D eigenvalue weighted by Crippen LogP contribution is -2.34. The van der Waals surface area contributed by atoms with Crippen molar-refractivity contribution in [3.63, 3.8) is 0 Å². The van der Waals surface area contributed by atoms with Crippen LogP contribution in [0.5, 0.6) is 0 Å². The molecular weight excluding hydrogens is 231 g/mol. The molecule has 0 aliphatic carbocycles. The molecule has 2 rings (SSSR count). The van der Waals surface area contributed by atoms with Crippen molar-refractivity contribution in [2.75, 3.05) is 16.8 Å². The summed E-state index contributed by atoms with van der Waals surface area (Å²) in [6, 6.07) is 2.72. The van der Waals surface area contributed by atoms with Gasteiger partial charge in [0, 0.05) is 6.04 Å². The molecule has 0 aromatic carbocycles. The van der Waals surface area contributed by atoms with Gasteiger partial charge in [-0.1, -0.05) is 0 Å². The van der Waals surface area contributed by atoms with E-state index in [-0.39, 0.29) is 17.5 Å². The van der Waals surface area contributed by atoms with Crippen molar-refractivity contribution in [2.45, 2.75) is 18.9 Å². The van der Waals surface area contributed by atoms with Crippen LogP contribution < -0.4 is 5.32 Å².